The summed E-state index contributed by atoms with van der Waals surface area (Å²) in [7, 11) is 4.09. The summed E-state index contributed by atoms with van der Waals surface area (Å²) >= 11 is 0. The molecule has 1 saturated heterocycles. The first-order valence-electron chi connectivity index (χ1n) is 7.99. The van der Waals surface area contributed by atoms with Gasteiger partial charge in [0.15, 0.2) is 0 Å². The Balaban J connectivity index is 2.03. The van der Waals surface area contributed by atoms with Crippen molar-refractivity contribution in [2.75, 3.05) is 27.2 Å². The Morgan fingerprint density at radius 2 is 2.05 bits per heavy atom. The molecule has 2 fully saturated rings. The van der Waals surface area contributed by atoms with Gasteiger partial charge in [-0.05, 0) is 26.4 Å². The monoisotopic (exact) mass is 297 g/mol. The first-order valence-corrected chi connectivity index (χ1v) is 7.99. The third-order valence-electron chi connectivity index (χ3n) is 5.73. The molecular formula is C16H31N3O2. The molecule has 1 aliphatic carbocycles. The zero-order chi connectivity index (χ0) is 16.0. The Morgan fingerprint density at radius 1 is 1.43 bits per heavy atom. The van der Waals surface area contributed by atoms with Crippen LogP contribution >= 0.6 is 0 Å². The van der Waals surface area contributed by atoms with Crippen LogP contribution in [0.1, 0.15) is 34.1 Å². The van der Waals surface area contributed by atoms with Crippen molar-refractivity contribution < 1.29 is 9.53 Å². The van der Waals surface area contributed by atoms with Crippen LogP contribution in [0.4, 0.5) is 0 Å². The molecule has 4 unspecified atom stereocenters. The molecule has 1 saturated carbocycles. The number of ether oxygens (including phenoxy) is 1. The van der Waals surface area contributed by atoms with Crippen LogP contribution in [0.5, 0.6) is 0 Å². The Hall–Kier alpha value is -0.650. The topological polar surface area (TPSA) is 67.6 Å². The van der Waals surface area contributed by atoms with Gasteiger partial charge in [-0.2, -0.15) is 0 Å². The first kappa shape index (κ1) is 16.7. The van der Waals surface area contributed by atoms with Crippen molar-refractivity contribution >= 4 is 5.91 Å². The van der Waals surface area contributed by atoms with Crippen molar-refractivity contribution in [3.05, 3.63) is 0 Å². The van der Waals surface area contributed by atoms with Crippen molar-refractivity contribution in [3.8, 4) is 0 Å². The Labute approximate surface area is 128 Å². The van der Waals surface area contributed by atoms with Crippen LogP contribution in [-0.4, -0.2) is 55.7 Å². The van der Waals surface area contributed by atoms with E-state index in [0.717, 1.165) is 13.0 Å². The van der Waals surface area contributed by atoms with E-state index in [2.05, 4.69) is 24.1 Å². The van der Waals surface area contributed by atoms with Crippen LogP contribution in [0.3, 0.4) is 0 Å². The number of fused-ring (bicyclic) bond motifs is 1. The molecule has 5 heteroatoms. The number of rotatable bonds is 5. The Bertz CT molecular complexity index is 400. The van der Waals surface area contributed by atoms with Crippen LogP contribution in [-0.2, 0) is 9.53 Å². The molecule has 4 atom stereocenters. The molecule has 0 aromatic carbocycles. The van der Waals surface area contributed by atoms with Gasteiger partial charge in [0.1, 0.15) is 5.54 Å². The minimum absolute atomic E-state index is 0.0215. The number of nitrogens with one attached hydrogen (secondary N) is 1. The summed E-state index contributed by atoms with van der Waals surface area (Å²) in [5, 5.41) is 3.09. The molecule has 0 aromatic heterocycles. The van der Waals surface area contributed by atoms with Gasteiger partial charge in [0.2, 0.25) is 5.91 Å². The summed E-state index contributed by atoms with van der Waals surface area (Å²) < 4.78 is 5.75. The molecule has 0 bridgehead atoms. The lowest BCUT2D eigenvalue weighted by molar-refractivity contribution is -0.175. The number of likely N-dealkylation sites (N-methyl/N-ethyl adjacent to an activating group) is 1. The number of nitrogens with two attached hydrogens (primary N) is 1. The van der Waals surface area contributed by atoms with Gasteiger partial charge in [0, 0.05) is 30.5 Å². The predicted octanol–water partition coefficient (Wildman–Crippen LogP) is 0.831. The second-order valence-corrected chi connectivity index (χ2v) is 7.76. The maximum absolute atomic E-state index is 12.7. The number of hydrogen-bond acceptors (Lipinski definition) is 4. The molecule has 0 spiro atoms. The molecule has 122 valence electrons. The molecule has 3 N–H and O–H groups in total. The van der Waals surface area contributed by atoms with Crippen LogP contribution in [0, 0.1) is 17.3 Å². The molecule has 5 nitrogen and oxygen atoms in total. The van der Waals surface area contributed by atoms with Crippen molar-refractivity contribution in [1.82, 2.24) is 10.2 Å². The van der Waals surface area contributed by atoms with Gasteiger partial charge < -0.3 is 20.7 Å². The van der Waals surface area contributed by atoms with E-state index in [1.54, 1.807) is 0 Å². The average molecular weight is 297 g/mol. The van der Waals surface area contributed by atoms with Crippen molar-refractivity contribution in [2.24, 2.45) is 23.0 Å². The molecule has 1 heterocycles. The number of nitrogens with zero attached hydrogens (tertiary/aromatic N) is 1. The summed E-state index contributed by atoms with van der Waals surface area (Å²) in [6, 6.07) is 0.316. The lowest BCUT2D eigenvalue weighted by Crippen LogP contribution is -2.80. The Kier molecular flexibility index (Phi) is 4.40. The minimum Gasteiger partial charge on any atom is -0.377 e. The van der Waals surface area contributed by atoms with Gasteiger partial charge in [0.05, 0.1) is 6.10 Å². The second-order valence-electron chi connectivity index (χ2n) is 7.76. The molecule has 2 rings (SSSR count). The van der Waals surface area contributed by atoms with E-state index in [4.69, 9.17) is 10.5 Å². The number of carbonyl (C=O) groups is 1. The standard InChI is InChI=1S/C16H31N3O2/c1-10(2)12(19(5)6)9-18-14(20)16(17)11-7-8-21-13(11)15(16,3)4/h10-13H,7-9,17H2,1-6H3,(H,18,20). The average Bonchev–Trinajstić information content (AvgIpc) is 2.84. The molecule has 2 aliphatic rings. The van der Waals surface area contributed by atoms with Gasteiger partial charge in [-0.25, -0.2) is 0 Å². The molecule has 1 amide bonds. The van der Waals surface area contributed by atoms with E-state index in [0.29, 0.717) is 18.5 Å². The summed E-state index contributed by atoms with van der Waals surface area (Å²) in [4.78, 5) is 14.9. The fraction of sp³-hybridized carbons (Fsp3) is 0.938. The highest BCUT2D eigenvalue weighted by atomic mass is 16.5. The molecular weight excluding hydrogens is 266 g/mol. The fourth-order valence-corrected chi connectivity index (χ4v) is 4.20. The smallest absolute Gasteiger partial charge is 0.241 e. The normalized spacial score (nSPS) is 35.5. The highest BCUT2D eigenvalue weighted by molar-refractivity contribution is 5.89. The molecule has 21 heavy (non-hydrogen) atoms. The lowest BCUT2D eigenvalue weighted by atomic mass is 9.48. The third-order valence-corrected chi connectivity index (χ3v) is 5.73. The van der Waals surface area contributed by atoms with Gasteiger partial charge in [0.25, 0.3) is 0 Å². The molecule has 0 aromatic rings. The van der Waals surface area contributed by atoms with E-state index in [-0.39, 0.29) is 23.3 Å². The number of carbonyl (C=O) groups excluding carboxylic acids is 1. The van der Waals surface area contributed by atoms with Crippen molar-refractivity contribution in [2.45, 2.75) is 51.8 Å². The van der Waals surface area contributed by atoms with Crippen LogP contribution < -0.4 is 11.1 Å². The summed E-state index contributed by atoms with van der Waals surface area (Å²) in [5.41, 5.74) is 5.44. The summed E-state index contributed by atoms with van der Waals surface area (Å²) in [6.07, 6.45) is 1.02. The number of hydrogen-bond donors (Lipinski definition) is 2. The first-order chi connectivity index (χ1) is 9.64. The van der Waals surface area contributed by atoms with Gasteiger partial charge >= 0.3 is 0 Å². The van der Waals surface area contributed by atoms with Gasteiger partial charge in [-0.3, -0.25) is 4.79 Å². The molecule has 1 aliphatic heterocycles. The second kappa shape index (κ2) is 5.52. The van der Waals surface area contributed by atoms with E-state index in [1.807, 2.05) is 27.9 Å². The van der Waals surface area contributed by atoms with Crippen LogP contribution in [0.25, 0.3) is 0 Å². The zero-order valence-corrected chi connectivity index (χ0v) is 14.3. The van der Waals surface area contributed by atoms with E-state index in [9.17, 15) is 4.79 Å². The third kappa shape index (κ3) is 2.39. The maximum Gasteiger partial charge on any atom is 0.241 e. The zero-order valence-electron chi connectivity index (χ0n) is 14.3. The van der Waals surface area contributed by atoms with Gasteiger partial charge in [-0.15, -0.1) is 0 Å². The maximum atomic E-state index is 12.7. The highest BCUT2D eigenvalue weighted by Crippen LogP contribution is 2.58. The lowest BCUT2D eigenvalue weighted by Gasteiger charge is -2.60. The fourth-order valence-electron chi connectivity index (χ4n) is 4.20. The summed E-state index contributed by atoms with van der Waals surface area (Å²) in [5.74, 6) is 0.613. The van der Waals surface area contributed by atoms with E-state index in [1.165, 1.54) is 0 Å². The van der Waals surface area contributed by atoms with E-state index < -0.39 is 5.54 Å². The van der Waals surface area contributed by atoms with Crippen molar-refractivity contribution in [1.29, 1.82) is 0 Å². The van der Waals surface area contributed by atoms with E-state index >= 15 is 0 Å². The van der Waals surface area contributed by atoms with Gasteiger partial charge in [-0.1, -0.05) is 27.7 Å². The summed E-state index contributed by atoms with van der Waals surface area (Å²) in [6.45, 7) is 9.79. The highest BCUT2D eigenvalue weighted by Gasteiger charge is 2.71. The SMILES string of the molecule is CC(C)C(CNC(=O)C1(N)C2CCOC2C1(C)C)N(C)C. The minimum atomic E-state index is -0.804. The number of amides is 1. The van der Waals surface area contributed by atoms with Crippen LogP contribution in [0.2, 0.25) is 0 Å². The van der Waals surface area contributed by atoms with Crippen LogP contribution in [0.15, 0.2) is 0 Å². The largest absolute Gasteiger partial charge is 0.377 e. The van der Waals surface area contributed by atoms with Crippen molar-refractivity contribution in [3.63, 3.8) is 0 Å². The quantitative estimate of drug-likeness (QED) is 0.789. The Morgan fingerprint density at radius 3 is 2.57 bits per heavy atom. The molecule has 0 radical (unpaired) electrons. The predicted molar refractivity (Wildman–Crippen MR) is 83.9 cm³/mol.